The molecule has 1 aromatic heterocycles. The molecule has 118 valence electrons. The van der Waals surface area contributed by atoms with Crippen molar-refractivity contribution < 1.29 is 4.79 Å². The SMILES string of the molecule is Cc1ccc2c(c1)C(=O)c1nc(-c3ccccc3)c3ccccc3c1-2. The minimum Gasteiger partial charge on any atom is -0.287 e. The van der Waals surface area contributed by atoms with Gasteiger partial charge in [0.2, 0.25) is 5.78 Å². The number of carbonyl (C=O) groups is 1. The van der Waals surface area contributed by atoms with Gasteiger partial charge < -0.3 is 0 Å². The van der Waals surface area contributed by atoms with Gasteiger partial charge in [-0.2, -0.15) is 0 Å². The Kier molecular flexibility index (Phi) is 2.89. The number of aryl methyl sites for hydroxylation is 1. The van der Waals surface area contributed by atoms with Crippen molar-refractivity contribution in [2.75, 3.05) is 0 Å². The lowest BCUT2D eigenvalue weighted by atomic mass is 9.96. The van der Waals surface area contributed by atoms with Gasteiger partial charge >= 0.3 is 0 Å². The summed E-state index contributed by atoms with van der Waals surface area (Å²) >= 11 is 0. The smallest absolute Gasteiger partial charge is 0.212 e. The Morgan fingerprint density at radius 1 is 0.720 bits per heavy atom. The predicted molar refractivity (Wildman–Crippen MR) is 101 cm³/mol. The zero-order valence-corrected chi connectivity index (χ0v) is 13.8. The van der Waals surface area contributed by atoms with Crippen molar-refractivity contribution in [3.05, 3.63) is 89.6 Å². The quantitative estimate of drug-likeness (QED) is 0.412. The second kappa shape index (κ2) is 5.12. The zero-order chi connectivity index (χ0) is 17.0. The molecule has 1 aliphatic rings. The zero-order valence-electron chi connectivity index (χ0n) is 13.8. The van der Waals surface area contributed by atoms with E-state index in [4.69, 9.17) is 4.98 Å². The maximum absolute atomic E-state index is 13.0. The molecule has 0 saturated heterocycles. The Hall–Kier alpha value is -3.26. The third-order valence-corrected chi connectivity index (χ3v) is 4.86. The molecule has 0 spiro atoms. The first kappa shape index (κ1) is 14.1. The second-order valence-corrected chi connectivity index (χ2v) is 6.47. The van der Waals surface area contributed by atoms with Crippen LogP contribution in [-0.4, -0.2) is 10.8 Å². The Bertz CT molecular complexity index is 1160. The summed E-state index contributed by atoms with van der Waals surface area (Å²) in [7, 11) is 0. The predicted octanol–water partition coefficient (Wildman–Crippen LogP) is 5.42. The van der Waals surface area contributed by atoms with E-state index in [0.29, 0.717) is 5.69 Å². The molecule has 25 heavy (non-hydrogen) atoms. The van der Waals surface area contributed by atoms with E-state index in [0.717, 1.165) is 44.3 Å². The molecule has 3 aromatic carbocycles. The van der Waals surface area contributed by atoms with Gasteiger partial charge in [-0.05, 0) is 23.9 Å². The largest absolute Gasteiger partial charge is 0.287 e. The van der Waals surface area contributed by atoms with Gasteiger partial charge in [-0.1, -0.05) is 72.3 Å². The van der Waals surface area contributed by atoms with Crippen molar-refractivity contribution in [2.45, 2.75) is 6.92 Å². The van der Waals surface area contributed by atoms with Gasteiger partial charge in [0.1, 0.15) is 5.69 Å². The summed E-state index contributed by atoms with van der Waals surface area (Å²) in [5.41, 5.74) is 6.28. The molecule has 2 heteroatoms. The summed E-state index contributed by atoms with van der Waals surface area (Å²) in [5.74, 6) is 0.0247. The molecule has 0 saturated carbocycles. The van der Waals surface area contributed by atoms with Crippen LogP contribution in [0.5, 0.6) is 0 Å². The van der Waals surface area contributed by atoms with Gasteiger partial charge in [-0.15, -0.1) is 0 Å². The fourth-order valence-corrected chi connectivity index (χ4v) is 3.71. The molecule has 0 unspecified atom stereocenters. The number of hydrogen-bond donors (Lipinski definition) is 0. The molecular formula is C23H15NO. The number of hydrogen-bond acceptors (Lipinski definition) is 2. The van der Waals surface area contributed by atoms with Gasteiger partial charge in [0, 0.05) is 22.1 Å². The monoisotopic (exact) mass is 321 g/mol. The lowest BCUT2D eigenvalue weighted by molar-refractivity contribution is 0.103. The Morgan fingerprint density at radius 2 is 1.44 bits per heavy atom. The number of pyridine rings is 1. The van der Waals surface area contributed by atoms with Crippen LogP contribution >= 0.6 is 0 Å². The summed E-state index contributed by atoms with van der Waals surface area (Å²) < 4.78 is 0. The van der Waals surface area contributed by atoms with Crippen LogP contribution < -0.4 is 0 Å². The first-order valence-electron chi connectivity index (χ1n) is 8.38. The summed E-state index contributed by atoms with van der Waals surface area (Å²) in [5, 5.41) is 2.16. The highest BCUT2D eigenvalue weighted by molar-refractivity contribution is 6.25. The Balaban J connectivity index is 1.92. The van der Waals surface area contributed by atoms with E-state index in [9.17, 15) is 4.79 Å². The molecule has 1 aliphatic carbocycles. The number of fused-ring (bicyclic) bond motifs is 5. The topological polar surface area (TPSA) is 30.0 Å². The van der Waals surface area contributed by atoms with Crippen LogP contribution in [0, 0.1) is 6.92 Å². The van der Waals surface area contributed by atoms with Crippen molar-refractivity contribution in [3.8, 4) is 22.4 Å². The van der Waals surface area contributed by atoms with E-state index in [1.54, 1.807) is 0 Å². The van der Waals surface area contributed by atoms with Crippen LogP contribution in [0.4, 0.5) is 0 Å². The molecule has 0 bridgehead atoms. The second-order valence-electron chi connectivity index (χ2n) is 6.47. The lowest BCUT2D eigenvalue weighted by Gasteiger charge is -2.11. The van der Waals surface area contributed by atoms with Gasteiger partial charge in [0.15, 0.2) is 0 Å². The fraction of sp³-hybridized carbons (Fsp3) is 0.0435. The van der Waals surface area contributed by atoms with E-state index in [1.165, 1.54) is 0 Å². The number of aromatic nitrogens is 1. The molecule has 5 rings (SSSR count). The van der Waals surface area contributed by atoms with Crippen LogP contribution in [0.2, 0.25) is 0 Å². The number of nitrogens with zero attached hydrogens (tertiary/aromatic N) is 1. The van der Waals surface area contributed by atoms with Gasteiger partial charge in [-0.3, -0.25) is 4.79 Å². The van der Waals surface area contributed by atoms with Gasteiger partial charge in [0.25, 0.3) is 0 Å². The maximum Gasteiger partial charge on any atom is 0.212 e. The number of ketones is 1. The first-order chi connectivity index (χ1) is 12.2. The van der Waals surface area contributed by atoms with E-state index in [2.05, 4.69) is 18.2 Å². The van der Waals surface area contributed by atoms with Crippen molar-refractivity contribution in [1.29, 1.82) is 0 Å². The third-order valence-electron chi connectivity index (χ3n) is 4.86. The van der Waals surface area contributed by atoms with Crippen molar-refractivity contribution in [3.63, 3.8) is 0 Å². The number of rotatable bonds is 1. The van der Waals surface area contributed by atoms with Crippen LogP contribution in [-0.2, 0) is 0 Å². The van der Waals surface area contributed by atoms with E-state index in [-0.39, 0.29) is 5.78 Å². The summed E-state index contributed by atoms with van der Waals surface area (Å²) in [6.45, 7) is 2.01. The molecule has 1 heterocycles. The van der Waals surface area contributed by atoms with E-state index < -0.39 is 0 Å². The van der Waals surface area contributed by atoms with Crippen LogP contribution in [0.1, 0.15) is 21.6 Å². The van der Waals surface area contributed by atoms with Crippen molar-refractivity contribution >= 4 is 16.6 Å². The van der Waals surface area contributed by atoms with Gasteiger partial charge in [-0.25, -0.2) is 4.98 Å². The molecule has 0 fully saturated rings. The molecule has 0 atom stereocenters. The third kappa shape index (κ3) is 1.97. The fourth-order valence-electron chi connectivity index (χ4n) is 3.71. The normalized spacial score (nSPS) is 12.3. The minimum atomic E-state index is 0.0247. The Morgan fingerprint density at radius 3 is 2.24 bits per heavy atom. The average Bonchev–Trinajstić information content (AvgIpc) is 2.94. The molecule has 2 nitrogen and oxygen atoms in total. The summed E-state index contributed by atoms with van der Waals surface area (Å²) in [6.07, 6.45) is 0. The molecule has 0 N–H and O–H groups in total. The number of carbonyl (C=O) groups excluding carboxylic acids is 1. The summed E-state index contributed by atoms with van der Waals surface area (Å²) in [4.78, 5) is 17.8. The van der Waals surface area contributed by atoms with Crippen molar-refractivity contribution in [2.24, 2.45) is 0 Å². The molecule has 0 aliphatic heterocycles. The average molecular weight is 321 g/mol. The molecule has 0 amide bonds. The number of benzene rings is 3. The highest BCUT2D eigenvalue weighted by Gasteiger charge is 2.31. The molecule has 0 radical (unpaired) electrons. The molecular weight excluding hydrogens is 306 g/mol. The molecule has 4 aromatic rings. The van der Waals surface area contributed by atoms with Crippen LogP contribution in [0.3, 0.4) is 0 Å². The maximum atomic E-state index is 13.0. The standard InChI is InChI=1S/C23H15NO/c1-14-11-12-17-19(13-14)23(25)22-20(17)16-9-5-6-10-18(16)21(24-22)15-7-3-2-4-8-15/h2-13H,1H3. The van der Waals surface area contributed by atoms with Crippen molar-refractivity contribution in [1.82, 2.24) is 4.98 Å². The Labute approximate surface area is 145 Å². The lowest BCUT2D eigenvalue weighted by Crippen LogP contribution is -2.01. The van der Waals surface area contributed by atoms with E-state index >= 15 is 0 Å². The highest BCUT2D eigenvalue weighted by Crippen LogP contribution is 2.43. The first-order valence-corrected chi connectivity index (χ1v) is 8.38. The van der Waals surface area contributed by atoms with Crippen LogP contribution in [0.25, 0.3) is 33.2 Å². The van der Waals surface area contributed by atoms with E-state index in [1.807, 2.05) is 61.5 Å². The summed E-state index contributed by atoms with van der Waals surface area (Å²) in [6, 6.07) is 24.4. The highest BCUT2D eigenvalue weighted by atomic mass is 16.1. The minimum absolute atomic E-state index is 0.0247. The van der Waals surface area contributed by atoms with Gasteiger partial charge in [0.05, 0.1) is 5.69 Å². The van der Waals surface area contributed by atoms with Crippen LogP contribution in [0.15, 0.2) is 72.8 Å².